The van der Waals surface area contributed by atoms with E-state index < -0.39 is 0 Å². The van der Waals surface area contributed by atoms with Crippen molar-refractivity contribution in [2.24, 2.45) is 0 Å². The van der Waals surface area contributed by atoms with Crippen LogP contribution in [0.15, 0.2) is 24.3 Å². The molecule has 1 fully saturated rings. The molecule has 1 saturated carbocycles. The lowest BCUT2D eigenvalue weighted by molar-refractivity contribution is 0.192. The van der Waals surface area contributed by atoms with Gasteiger partial charge in [0, 0.05) is 24.9 Å². The van der Waals surface area contributed by atoms with E-state index in [4.69, 9.17) is 4.74 Å². The maximum absolute atomic E-state index is 12.3. The summed E-state index contributed by atoms with van der Waals surface area (Å²) in [6.45, 7) is 4.01. The zero-order chi connectivity index (χ0) is 15.1. The fourth-order valence-electron chi connectivity index (χ4n) is 2.21. The molecule has 1 N–H and O–H groups in total. The summed E-state index contributed by atoms with van der Waals surface area (Å²) in [5, 5.41) is 3.00. The number of carbonyl (C=O) groups excluding carboxylic acids is 1. The minimum atomic E-state index is 0.0494. The molecule has 0 bridgehead atoms. The zero-order valence-electron chi connectivity index (χ0n) is 12.8. The van der Waals surface area contributed by atoms with Gasteiger partial charge < -0.3 is 15.0 Å². The van der Waals surface area contributed by atoms with Gasteiger partial charge in [-0.3, -0.25) is 0 Å². The Kier molecular flexibility index (Phi) is 6.23. The minimum Gasteiger partial charge on any atom is -0.494 e. The van der Waals surface area contributed by atoms with Crippen molar-refractivity contribution >= 4 is 17.8 Å². The van der Waals surface area contributed by atoms with E-state index in [0.29, 0.717) is 19.2 Å². The first-order valence-corrected chi connectivity index (χ1v) is 8.89. The Hall–Kier alpha value is -1.36. The van der Waals surface area contributed by atoms with Gasteiger partial charge in [0.25, 0.3) is 0 Å². The van der Waals surface area contributed by atoms with Crippen molar-refractivity contribution < 1.29 is 9.53 Å². The summed E-state index contributed by atoms with van der Waals surface area (Å²) in [5.74, 6) is 1.82. The number of ether oxygens (including phenoxy) is 1. The molecule has 0 radical (unpaired) electrons. The van der Waals surface area contributed by atoms with Gasteiger partial charge in [-0.25, -0.2) is 4.79 Å². The van der Waals surface area contributed by atoms with Gasteiger partial charge in [0.15, 0.2) is 0 Å². The van der Waals surface area contributed by atoms with E-state index in [1.165, 1.54) is 0 Å². The topological polar surface area (TPSA) is 41.6 Å². The van der Waals surface area contributed by atoms with E-state index >= 15 is 0 Å². The highest BCUT2D eigenvalue weighted by molar-refractivity contribution is 7.98. The van der Waals surface area contributed by atoms with Gasteiger partial charge in [-0.2, -0.15) is 11.8 Å². The lowest BCUT2D eigenvalue weighted by atomic mass is 10.2. The monoisotopic (exact) mass is 308 g/mol. The summed E-state index contributed by atoms with van der Waals surface area (Å²) < 4.78 is 5.52. The molecule has 21 heavy (non-hydrogen) atoms. The standard InChI is InChI=1S/C16H24N2O2S/c1-3-20-15-6-4-5-13(11-15)12-18(14-7-8-14)16(19)17-9-10-21-2/h4-6,11,14H,3,7-10,12H2,1-2H3,(H,17,19). The first-order chi connectivity index (χ1) is 10.2. The molecule has 0 saturated heterocycles. The number of rotatable bonds is 8. The molecule has 116 valence electrons. The average molecular weight is 308 g/mol. The Morgan fingerprint density at radius 2 is 2.29 bits per heavy atom. The molecule has 2 rings (SSSR count). The minimum absolute atomic E-state index is 0.0494. The molecular formula is C16H24N2O2S. The van der Waals surface area contributed by atoms with Crippen molar-refractivity contribution in [1.29, 1.82) is 0 Å². The lowest BCUT2D eigenvalue weighted by Gasteiger charge is -2.23. The molecule has 1 aliphatic rings. The van der Waals surface area contributed by atoms with Gasteiger partial charge in [-0.05, 0) is 43.7 Å². The first-order valence-electron chi connectivity index (χ1n) is 7.49. The Morgan fingerprint density at radius 3 is 2.95 bits per heavy atom. The van der Waals surface area contributed by atoms with Crippen LogP contribution in [0.4, 0.5) is 4.79 Å². The van der Waals surface area contributed by atoms with Gasteiger partial charge in [-0.1, -0.05) is 12.1 Å². The molecule has 0 heterocycles. The van der Waals surface area contributed by atoms with Crippen LogP contribution in [0.25, 0.3) is 0 Å². The SMILES string of the molecule is CCOc1cccc(CN(C(=O)NCCSC)C2CC2)c1. The van der Waals surface area contributed by atoms with E-state index in [1.807, 2.05) is 42.3 Å². The fourth-order valence-corrected chi connectivity index (χ4v) is 2.52. The summed E-state index contributed by atoms with van der Waals surface area (Å²) in [5.41, 5.74) is 1.12. The van der Waals surface area contributed by atoms with Gasteiger partial charge in [-0.15, -0.1) is 0 Å². The third-order valence-corrected chi connectivity index (χ3v) is 4.01. The van der Waals surface area contributed by atoms with Gasteiger partial charge >= 0.3 is 6.03 Å². The molecular weight excluding hydrogens is 284 g/mol. The molecule has 5 heteroatoms. The van der Waals surface area contributed by atoms with Crippen molar-refractivity contribution in [3.8, 4) is 5.75 Å². The van der Waals surface area contributed by atoms with Crippen molar-refractivity contribution in [2.75, 3.05) is 25.2 Å². The fraction of sp³-hybridized carbons (Fsp3) is 0.562. The first kappa shape index (κ1) is 16.0. The van der Waals surface area contributed by atoms with Crippen LogP contribution in [0.3, 0.4) is 0 Å². The second-order valence-electron chi connectivity index (χ2n) is 5.16. The third kappa shape index (κ3) is 5.16. The van der Waals surface area contributed by atoms with Crippen LogP contribution < -0.4 is 10.1 Å². The largest absolute Gasteiger partial charge is 0.494 e. The van der Waals surface area contributed by atoms with Crippen LogP contribution in [-0.4, -0.2) is 42.1 Å². The number of urea groups is 1. The Labute approximate surface area is 131 Å². The molecule has 1 aliphatic carbocycles. The number of nitrogens with one attached hydrogen (secondary N) is 1. The van der Waals surface area contributed by atoms with E-state index in [1.54, 1.807) is 11.8 Å². The van der Waals surface area contributed by atoms with Crippen molar-refractivity contribution in [3.63, 3.8) is 0 Å². The third-order valence-electron chi connectivity index (χ3n) is 3.39. The highest BCUT2D eigenvalue weighted by Crippen LogP contribution is 2.29. The number of thioether (sulfide) groups is 1. The summed E-state index contributed by atoms with van der Waals surface area (Å²) in [6, 6.07) is 8.45. The molecule has 0 aliphatic heterocycles. The highest BCUT2D eigenvalue weighted by Gasteiger charge is 2.32. The maximum Gasteiger partial charge on any atom is 0.317 e. The van der Waals surface area contributed by atoms with Crippen LogP contribution in [-0.2, 0) is 6.54 Å². The van der Waals surface area contributed by atoms with E-state index in [9.17, 15) is 4.79 Å². The number of nitrogens with zero attached hydrogens (tertiary/aromatic N) is 1. The van der Waals surface area contributed by atoms with Gasteiger partial charge in [0.05, 0.1) is 6.61 Å². The summed E-state index contributed by atoms with van der Waals surface area (Å²) in [4.78, 5) is 14.2. The number of amides is 2. The molecule has 0 spiro atoms. The molecule has 0 atom stereocenters. The summed E-state index contributed by atoms with van der Waals surface area (Å²) in [6.07, 6.45) is 4.27. The Balaban J connectivity index is 1.96. The van der Waals surface area contributed by atoms with Crippen LogP contribution in [0.2, 0.25) is 0 Å². The molecule has 0 aromatic heterocycles. The molecule has 0 unspecified atom stereocenters. The number of hydrogen-bond acceptors (Lipinski definition) is 3. The summed E-state index contributed by atoms with van der Waals surface area (Å²) in [7, 11) is 0. The highest BCUT2D eigenvalue weighted by atomic mass is 32.2. The van der Waals surface area contributed by atoms with E-state index in [2.05, 4.69) is 5.32 Å². The van der Waals surface area contributed by atoms with Gasteiger partial charge in [0.2, 0.25) is 0 Å². The van der Waals surface area contributed by atoms with Crippen LogP contribution in [0.5, 0.6) is 5.75 Å². The Morgan fingerprint density at radius 1 is 1.48 bits per heavy atom. The number of carbonyl (C=O) groups is 1. The van der Waals surface area contributed by atoms with Crippen molar-refractivity contribution in [2.45, 2.75) is 32.4 Å². The predicted octanol–water partition coefficient (Wildman–Crippen LogP) is 3.12. The predicted molar refractivity (Wildman–Crippen MR) is 88.0 cm³/mol. The quantitative estimate of drug-likeness (QED) is 0.750. The van der Waals surface area contributed by atoms with Crippen LogP contribution in [0.1, 0.15) is 25.3 Å². The maximum atomic E-state index is 12.3. The number of hydrogen-bond donors (Lipinski definition) is 1. The molecule has 1 aromatic carbocycles. The van der Waals surface area contributed by atoms with Crippen molar-refractivity contribution in [3.05, 3.63) is 29.8 Å². The molecule has 1 aromatic rings. The second kappa shape index (κ2) is 8.17. The van der Waals surface area contributed by atoms with Crippen LogP contribution >= 0.6 is 11.8 Å². The van der Waals surface area contributed by atoms with E-state index in [-0.39, 0.29) is 6.03 Å². The Bertz CT molecular complexity index is 463. The zero-order valence-corrected chi connectivity index (χ0v) is 13.6. The van der Waals surface area contributed by atoms with Crippen LogP contribution in [0, 0.1) is 0 Å². The van der Waals surface area contributed by atoms with E-state index in [0.717, 1.165) is 36.5 Å². The van der Waals surface area contributed by atoms with Gasteiger partial charge in [0.1, 0.15) is 5.75 Å². The molecule has 4 nitrogen and oxygen atoms in total. The molecule has 2 amide bonds. The summed E-state index contributed by atoms with van der Waals surface area (Å²) >= 11 is 1.74. The normalized spacial score (nSPS) is 13.8. The number of benzene rings is 1. The smallest absolute Gasteiger partial charge is 0.317 e. The average Bonchev–Trinajstić information content (AvgIpc) is 3.30. The lowest BCUT2D eigenvalue weighted by Crippen LogP contribution is -2.41. The second-order valence-corrected chi connectivity index (χ2v) is 6.15. The van der Waals surface area contributed by atoms with Crippen molar-refractivity contribution in [1.82, 2.24) is 10.2 Å².